The summed E-state index contributed by atoms with van der Waals surface area (Å²) in [4.78, 5) is 19.5. The van der Waals surface area contributed by atoms with Crippen molar-refractivity contribution < 1.29 is 9.53 Å². The smallest absolute Gasteiger partial charge is 0.337 e. The quantitative estimate of drug-likeness (QED) is 0.235. The number of esters is 1. The highest BCUT2D eigenvalue weighted by Gasteiger charge is 2.16. The monoisotopic (exact) mass is 485 g/mol. The van der Waals surface area contributed by atoms with Crippen molar-refractivity contribution in [3.8, 4) is 0 Å². The first-order valence-electron chi connectivity index (χ1n) is 11.7. The van der Waals surface area contributed by atoms with Gasteiger partial charge in [-0.1, -0.05) is 48.2 Å². The third kappa shape index (κ3) is 5.38. The maximum absolute atomic E-state index is 11.7. The lowest BCUT2D eigenvalue weighted by atomic mass is 10.1. The number of ether oxygens (including phenoxy) is 1. The molecule has 0 saturated heterocycles. The zero-order valence-corrected chi connectivity index (χ0v) is 20.4. The Labute approximate surface area is 208 Å². The summed E-state index contributed by atoms with van der Waals surface area (Å²) in [7, 11) is 1.39. The van der Waals surface area contributed by atoms with Crippen molar-refractivity contribution in [3.05, 3.63) is 89.0 Å². The molecule has 0 amide bonds. The van der Waals surface area contributed by atoms with E-state index in [1.807, 2.05) is 24.4 Å². The number of fused-ring (bicyclic) bond motifs is 1. The summed E-state index contributed by atoms with van der Waals surface area (Å²) in [6, 6.07) is 15.8. The highest BCUT2D eigenvalue weighted by Crippen LogP contribution is 2.26. The molecule has 0 radical (unpaired) electrons. The summed E-state index contributed by atoms with van der Waals surface area (Å²) in [5, 5.41) is 11.2. The Hall–Kier alpha value is -3.65. The minimum absolute atomic E-state index is 0.326. The SMILES string of the molecule is COC(=O)c1ccc(CSc2nnc(Cc3c[nH]c4ccccc34)n2CCCC2=CCC=N2)cc1. The van der Waals surface area contributed by atoms with E-state index in [0.717, 1.165) is 59.3 Å². The third-order valence-electron chi connectivity index (χ3n) is 6.09. The van der Waals surface area contributed by atoms with Gasteiger partial charge in [0.2, 0.25) is 0 Å². The summed E-state index contributed by atoms with van der Waals surface area (Å²) >= 11 is 1.66. The van der Waals surface area contributed by atoms with Crippen molar-refractivity contribution in [1.29, 1.82) is 0 Å². The zero-order valence-electron chi connectivity index (χ0n) is 19.6. The van der Waals surface area contributed by atoms with Gasteiger partial charge in [-0.25, -0.2) is 4.79 Å². The standard InChI is InChI=1S/C27H27N5O2S/c1-34-26(33)20-12-10-19(11-13-20)18-35-27-31-30-25(32(27)15-5-7-22-6-4-14-28-22)16-21-17-29-24-9-3-2-8-23(21)24/h2-3,6,8-14,17,29H,4-5,7,15-16,18H2,1H3. The van der Waals surface area contributed by atoms with Gasteiger partial charge in [0.15, 0.2) is 5.16 Å². The molecule has 0 unspecified atom stereocenters. The van der Waals surface area contributed by atoms with E-state index >= 15 is 0 Å². The number of nitrogens with zero attached hydrogens (tertiary/aromatic N) is 4. The molecule has 178 valence electrons. The van der Waals surface area contributed by atoms with Crippen molar-refractivity contribution in [2.24, 2.45) is 4.99 Å². The Morgan fingerprint density at radius 3 is 2.80 bits per heavy atom. The van der Waals surface area contributed by atoms with Crippen LogP contribution in [0, 0.1) is 0 Å². The van der Waals surface area contributed by atoms with Crippen LogP contribution in [0.3, 0.4) is 0 Å². The molecule has 3 heterocycles. The van der Waals surface area contributed by atoms with E-state index < -0.39 is 0 Å². The molecule has 0 spiro atoms. The van der Waals surface area contributed by atoms with Gasteiger partial charge in [-0.3, -0.25) is 4.99 Å². The predicted octanol–water partition coefficient (Wildman–Crippen LogP) is 5.57. The maximum Gasteiger partial charge on any atom is 0.337 e. The molecule has 35 heavy (non-hydrogen) atoms. The van der Waals surface area contributed by atoms with Crippen molar-refractivity contribution in [2.45, 2.75) is 43.1 Å². The molecule has 0 bridgehead atoms. The first kappa shape index (κ1) is 23.1. The molecule has 1 aliphatic heterocycles. The summed E-state index contributed by atoms with van der Waals surface area (Å²) in [5.74, 6) is 1.37. The van der Waals surface area contributed by atoms with Gasteiger partial charge in [-0.2, -0.15) is 0 Å². The fourth-order valence-electron chi connectivity index (χ4n) is 4.23. The molecule has 0 fully saturated rings. The van der Waals surface area contributed by atoms with Gasteiger partial charge in [0, 0.05) is 54.2 Å². The molecule has 1 aliphatic rings. The Balaban J connectivity index is 1.33. The van der Waals surface area contributed by atoms with Crippen molar-refractivity contribution >= 4 is 34.8 Å². The van der Waals surface area contributed by atoms with Crippen LogP contribution >= 0.6 is 11.8 Å². The predicted molar refractivity (Wildman–Crippen MR) is 139 cm³/mol. The summed E-state index contributed by atoms with van der Waals surface area (Å²) in [6.07, 6.45) is 9.78. The van der Waals surface area contributed by atoms with E-state index in [1.54, 1.807) is 23.9 Å². The summed E-state index contributed by atoms with van der Waals surface area (Å²) < 4.78 is 7.03. The number of hydrogen-bond donors (Lipinski definition) is 1. The number of aromatic nitrogens is 4. The number of allylic oxidation sites excluding steroid dienone is 2. The second kappa shape index (κ2) is 10.7. The minimum Gasteiger partial charge on any atom is -0.465 e. The number of benzene rings is 2. The van der Waals surface area contributed by atoms with Gasteiger partial charge in [-0.05, 0) is 42.2 Å². The van der Waals surface area contributed by atoms with Gasteiger partial charge >= 0.3 is 5.97 Å². The lowest BCUT2D eigenvalue weighted by Gasteiger charge is -2.10. The number of aromatic amines is 1. The largest absolute Gasteiger partial charge is 0.465 e. The summed E-state index contributed by atoms with van der Waals surface area (Å²) in [6.45, 7) is 0.834. The van der Waals surface area contributed by atoms with Gasteiger partial charge in [0.1, 0.15) is 5.82 Å². The van der Waals surface area contributed by atoms with E-state index in [0.29, 0.717) is 12.0 Å². The van der Waals surface area contributed by atoms with Crippen LogP contribution in [0.15, 0.2) is 76.6 Å². The fourth-order valence-corrected chi connectivity index (χ4v) is 5.17. The lowest BCUT2D eigenvalue weighted by Crippen LogP contribution is -2.07. The molecule has 2 aromatic heterocycles. The van der Waals surface area contributed by atoms with E-state index in [-0.39, 0.29) is 5.97 Å². The van der Waals surface area contributed by atoms with E-state index in [2.05, 4.69) is 55.2 Å². The van der Waals surface area contributed by atoms with Gasteiger partial charge in [0.05, 0.1) is 12.7 Å². The van der Waals surface area contributed by atoms with Crippen LogP contribution in [0.5, 0.6) is 0 Å². The average Bonchev–Trinajstić information content (AvgIpc) is 3.65. The van der Waals surface area contributed by atoms with Crippen LogP contribution in [-0.2, 0) is 23.5 Å². The number of aliphatic imine (C=N–C) groups is 1. The average molecular weight is 486 g/mol. The van der Waals surface area contributed by atoms with E-state index in [1.165, 1.54) is 18.1 Å². The number of thioether (sulfide) groups is 1. The Bertz CT molecular complexity index is 1380. The molecule has 2 aromatic carbocycles. The van der Waals surface area contributed by atoms with Crippen molar-refractivity contribution in [1.82, 2.24) is 19.7 Å². The number of H-pyrrole nitrogens is 1. The summed E-state index contributed by atoms with van der Waals surface area (Å²) in [5.41, 5.74) is 5.17. The van der Waals surface area contributed by atoms with Crippen molar-refractivity contribution in [2.75, 3.05) is 7.11 Å². The topological polar surface area (TPSA) is 85.2 Å². The second-order valence-electron chi connectivity index (χ2n) is 8.41. The number of para-hydroxylation sites is 1. The first-order chi connectivity index (χ1) is 17.2. The number of rotatable bonds is 10. The van der Waals surface area contributed by atoms with Gasteiger partial charge < -0.3 is 14.3 Å². The van der Waals surface area contributed by atoms with Crippen LogP contribution < -0.4 is 0 Å². The molecule has 1 N–H and O–H groups in total. The van der Waals surface area contributed by atoms with Crippen LogP contribution in [0.2, 0.25) is 0 Å². The molecule has 0 atom stereocenters. The molecule has 4 aromatic rings. The van der Waals surface area contributed by atoms with E-state index in [9.17, 15) is 4.79 Å². The Kier molecular flexibility index (Phi) is 7.09. The van der Waals surface area contributed by atoms with Crippen LogP contribution in [0.1, 0.15) is 46.6 Å². The number of hydrogen-bond acceptors (Lipinski definition) is 6. The highest BCUT2D eigenvalue weighted by molar-refractivity contribution is 7.98. The Morgan fingerprint density at radius 2 is 2.00 bits per heavy atom. The van der Waals surface area contributed by atoms with Gasteiger partial charge in [0.25, 0.3) is 0 Å². The van der Waals surface area contributed by atoms with Crippen molar-refractivity contribution in [3.63, 3.8) is 0 Å². The number of carbonyl (C=O) groups is 1. The lowest BCUT2D eigenvalue weighted by molar-refractivity contribution is 0.0600. The molecular formula is C27H27N5O2S. The normalized spacial score (nSPS) is 12.9. The second-order valence-corrected chi connectivity index (χ2v) is 9.35. The number of methoxy groups -OCH3 is 1. The molecule has 0 aliphatic carbocycles. The number of nitrogens with one attached hydrogen (secondary N) is 1. The van der Waals surface area contributed by atoms with Crippen LogP contribution in [0.25, 0.3) is 10.9 Å². The molecule has 7 nitrogen and oxygen atoms in total. The van der Waals surface area contributed by atoms with Crippen LogP contribution in [0.4, 0.5) is 0 Å². The first-order valence-corrected chi connectivity index (χ1v) is 12.7. The fraction of sp³-hybridized carbons (Fsp3) is 0.259. The third-order valence-corrected chi connectivity index (χ3v) is 7.13. The Morgan fingerprint density at radius 1 is 1.14 bits per heavy atom. The maximum atomic E-state index is 11.7. The molecular weight excluding hydrogens is 458 g/mol. The molecule has 8 heteroatoms. The van der Waals surface area contributed by atoms with Crippen LogP contribution in [-0.4, -0.2) is 39.0 Å². The minimum atomic E-state index is -0.326. The number of carbonyl (C=O) groups excluding carboxylic acids is 1. The molecule has 0 saturated carbocycles. The zero-order chi connectivity index (χ0) is 24.0. The highest BCUT2D eigenvalue weighted by atomic mass is 32.2. The van der Waals surface area contributed by atoms with E-state index in [4.69, 9.17) is 4.74 Å². The van der Waals surface area contributed by atoms with Gasteiger partial charge in [-0.15, -0.1) is 10.2 Å². The molecule has 5 rings (SSSR count).